The standard InChI is InChI=1S/C14H15N5O2/c15-13(20)19(10-12-4-2-6-17-8-12)14(21)18-9-11-3-1-5-16-7-11/h1-8H,9-10H2,(H2,15,20)(H,18,21). The van der Waals surface area contributed by atoms with Gasteiger partial charge in [-0.2, -0.15) is 0 Å². The molecule has 0 saturated heterocycles. The highest BCUT2D eigenvalue weighted by atomic mass is 16.2. The molecule has 21 heavy (non-hydrogen) atoms. The van der Waals surface area contributed by atoms with Gasteiger partial charge in [0.2, 0.25) is 0 Å². The highest BCUT2D eigenvalue weighted by Gasteiger charge is 2.18. The third kappa shape index (κ3) is 4.27. The molecule has 7 nitrogen and oxygen atoms in total. The van der Waals surface area contributed by atoms with E-state index in [2.05, 4.69) is 15.3 Å². The maximum absolute atomic E-state index is 12.0. The van der Waals surface area contributed by atoms with Crippen LogP contribution in [-0.4, -0.2) is 26.9 Å². The summed E-state index contributed by atoms with van der Waals surface area (Å²) in [6, 6.07) is 5.70. The Labute approximate surface area is 121 Å². The lowest BCUT2D eigenvalue weighted by molar-refractivity contribution is 0.189. The first-order valence-electron chi connectivity index (χ1n) is 6.29. The molecule has 0 bridgehead atoms. The number of primary amides is 1. The van der Waals surface area contributed by atoms with Crippen molar-refractivity contribution in [2.24, 2.45) is 5.73 Å². The smallest absolute Gasteiger partial charge is 0.326 e. The van der Waals surface area contributed by atoms with Gasteiger partial charge < -0.3 is 11.1 Å². The lowest BCUT2D eigenvalue weighted by Gasteiger charge is -2.19. The summed E-state index contributed by atoms with van der Waals surface area (Å²) >= 11 is 0. The second kappa shape index (κ2) is 6.99. The fourth-order valence-electron chi connectivity index (χ4n) is 1.70. The molecular weight excluding hydrogens is 270 g/mol. The molecule has 0 fully saturated rings. The third-order valence-electron chi connectivity index (χ3n) is 2.74. The Bertz CT molecular complexity index is 603. The van der Waals surface area contributed by atoms with E-state index in [1.165, 1.54) is 0 Å². The highest BCUT2D eigenvalue weighted by molar-refractivity contribution is 5.92. The maximum Gasteiger partial charge on any atom is 0.326 e. The van der Waals surface area contributed by atoms with E-state index in [9.17, 15) is 9.59 Å². The van der Waals surface area contributed by atoms with Crippen molar-refractivity contribution in [1.82, 2.24) is 20.2 Å². The number of nitrogens with zero attached hydrogens (tertiary/aromatic N) is 3. The van der Waals surface area contributed by atoms with Crippen LogP contribution in [0.4, 0.5) is 9.59 Å². The number of urea groups is 2. The molecule has 0 aliphatic carbocycles. The summed E-state index contributed by atoms with van der Waals surface area (Å²) in [5.74, 6) is 0. The number of carbonyl (C=O) groups is 2. The Kier molecular flexibility index (Phi) is 4.81. The van der Waals surface area contributed by atoms with Crippen molar-refractivity contribution in [2.45, 2.75) is 13.1 Å². The van der Waals surface area contributed by atoms with Crippen LogP contribution in [0.25, 0.3) is 0 Å². The van der Waals surface area contributed by atoms with E-state index >= 15 is 0 Å². The van der Waals surface area contributed by atoms with Crippen LogP contribution >= 0.6 is 0 Å². The quantitative estimate of drug-likeness (QED) is 0.883. The average molecular weight is 285 g/mol. The van der Waals surface area contributed by atoms with Crippen LogP contribution in [0, 0.1) is 0 Å². The van der Waals surface area contributed by atoms with Crippen molar-refractivity contribution < 1.29 is 9.59 Å². The van der Waals surface area contributed by atoms with Crippen molar-refractivity contribution in [2.75, 3.05) is 0 Å². The third-order valence-corrected chi connectivity index (χ3v) is 2.74. The van der Waals surface area contributed by atoms with Crippen LogP contribution in [0.2, 0.25) is 0 Å². The summed E-state index contributed by atoms with van der Waals surface area (Å²) in [6.45, 7) is 0.339. The largest absolute Gasteiger partial charge is 0.351 e. The van der Waals surface area contributed by atoms with Gasteiger partial charge in [0, 0.05) is 31.3 Å². The first-order chi connectivity index (χ1) is 10.2. The van der Waals surface area contributed by atoms with Crippen LogP contribution in [0.1, 0.15) is 11.1 Å². The molecule has 0 aliphatic rings. The second-order valence-corrected chi connectivity index (χ2v) is 4.31. The molecule has 0 spiro atoms. The van der Waals surface area contributed by atoms with Crippen LogP contribution in [-0.2, 0) is 13.1 Å². The van der Waals surface area contributed by atoms with Crippen LogP contribution in [0.15, 0.2) is 49.1 Å². The lowest BCUT2D eigenvalue weighted by Crippen LogP contribution is -2.45. The zero-order valence-electron chi connectivity index (χ0n) is 11.3. The minimum Gasteiger partial charge on any atom is -0.351 e. The van der Waals surface area contributed by atoms with Gasteiger partial charge in [-0.1, -0.05) is 12.1 Å². The second-order valence-electron chi connectivity index (χ2n) is 4.31. The number of aromatic nitrogens is 2. The normalized spacial score (nSPS) is 9.90. The van der Waals surface area contributed by atoms with Crippen LogP contribution in [0.5, 0.6) is 0 Å². The molecule has 108 valence electrons. The van der Waals surface area contributed by atoms with Gasteiger partial charge in [0.1, 0.15) is 0 Å². The number of rotatable bonds is 4. The molecule has 0 aliphatic heterocycles. The van der Waals surface area contributed by atoms with E-state index < -0.39 is 12.1 Å². The molecule has 2 aromatic heterocycles. The number of amides is 4. The van der Waals surface area contributed by atoms with Gasteiger partial charge in [-0.3, -0.25) is 9.97 Å². The van der Waals surface area contributed by atoms with E-state index in [1.54, 1.807) is 43.0 Å². The molecule has 0 aromatic carbocycles. The van der Waals surface area contributed by atoms with Crippen molar-refractivity contribution in [3.05, 3.63) is 60.2 Å². The molecule has 0 saturated carbocycles. The van der Waals surface area contributed by atoms with Crippen molar-refractivity contribution in [3.63, 3.8) is 0 Å². The monoisotopic (exact) mass is 285 g/mol. The molecular formula is C14H15N5O2. The van der Waals surface area contributed by atoms with Crippen molar-refractivity contribution in [1.29, 1.82) is 0 Å². The van der Waals surface area contributed by atoms with E-state index in [4.69, 9.17) is 5.73 Å². The molecule has 4 amide bonds. The van der Waals surface area contributed by atoms with Gasteiger partial charge in [0.15, 0.2) is 0 Å². The number of pyridine rings is 2. The van der Waals surface area contributed by atoms with Gasteiger partial charge in [0.05, 0.1) is 6.54 Å². The summed E-state index contributed by atoms with van der Waals surface area (Å²) in [7, 11) is 0. The summed E-state index contributed by atoms with van der Waals surface area (Å²) in [6.07, 6.45) is 6.46. The summed E-state index contributed by atoms with van der Waals surface area (Å²) in [4.78, 5) is 32.2. The number of imide groups is 1. The van der Waals surface area contributed by atoms with E-state index in [1.807, 2.05) is 6.07 Å². The molecule has 3 N–H and O–H groups in total. The van der Waals surface area contributed by atoms with Crippen molar-refractivity contribution in [3.8, 4) is 0 Å². The number of hydrogen-bond acceptors (Lipinski definition) is 4. The number of nitrogens with two attached hydrogens (primary N) is 1. The predicted molar refractivity (Wildman–Crippen MR) is 75.8 cm³/mol. The highest BCUT2D eigenvalue weighted by Crippen LogP contribution is 2.04. The maximum atomic E-state index is 12.0. The average Bonchev–Trinajstić information content (AvgIpc) is 2.52. The van der Waals surface area contributed by atoms with Gasteiger partial charge in [-0.25, -0.2) is 14.5 Å². The Balaban J connectivity index is 1.98. The molecule has 2 heterocycles. The molecule has 2 rings (SSSR count). The Morgan fingerprint density at radius 1 is 1.10 bits per heavy atom. The van der Waals surface area contributed by atoms with Gasteiger partial charge in [-0.15, -0.1) is 0 Å². The summed E-state index contributed by atoms with van der Waals surface area (Å²) in [5, 5.41) is 2.63. The Morgan fingerprint density at radius 3 is 2.24 bits per heavy atom. The van der Waals surface area contributed by atoms with E-state index in [0.29, 0.717) is 5.56 Å². The van der Waals surface area contributed by atoms with Gasteiger partial charge in [0.25, 0.3) is 0 Å². The molecule has 0 atom stereocenters. The zero-order chi connectivity index (χ0) is 15.1. The lowest BCUT2D eigenvalue weighted by atomic mass is 10.2. The first-order valence-corrected chi connectivity index (χ1v) is 6.29. The fourth-order valence-corrected chi connectivity index (χ4v) is 1.70. The minimum atomic E-state index is -0.817. The zero-order valence-corrected chi connectivity index (χ0v) is 11.3. The van der Waals surface area contributed by atoms with Crippen molar-refractivity contribution >= 4 is 12.1 Å². The molecule has 2 aromatic rings. The van der Waals surface area contributed by atoms with E-state index in [-0.39, 0.29) is 13.1 Å². The predicted octanol–water partition coefficient (Wildman–Crippen LogP) is 1.27. The molecule has 7 heteroatoms. The van der Waals surface area contributed by atoms with Crippen LogP contribution in [0.3, 0.4) is 0 Å². The molecule has 0 unspecified atom stereocenters. The number of hydrogen-bond donors (Lipinski definition) is 2. The van der Waals surface area contributed by atoms with Crippen LogP contribution < -0.4 is 11.1 Å². The Hall–Kier alpha value is -2.96. The topological polar surface area (TPSA) is 101 Å². The Morgan fingerprint density at radius 2 is 1.71 bits per heavy atom. The minimum absolute atomic E-state index is 0.0715. The molecule has 0 radical (unpaired) electrons. The van der Waals surface area contributed by atoms with E-state index in [0.717, 1.165) is 10.5 Å². The summed E-state index contributed by atoms with van der Waals surface area (Å²) in [5.41, 5.74) is 6.79. The number of nitrogens with one attached hydrogen (secondary N) is 1. The first kappa shape index (κ1) is 14.4. The summed E-state index contributed by atoms with van der Waals surface area (Å²) < 4.78 is 0. The van der Waals surface area contributed by atoms with Gasteiger partial charge in [-0.05, 0) is 23.3 Å². The number of carbonyl (C=O) groups excluding carboxylic acids is 2. The SMILES string of the molecule is NC(=O)N(Cc1cccnc1)C(=O)NCc1cccnc1. The van der Waals surface area contributed by atoms with Gasteiger partial charge >= 0.3 is 12.1 Å². The fraction of sp³-hybridized carbons (Fsp3) is 0.143.